The lowest BCUT2D eigenvalue weighted by atomic mass is 9.95. The molecule has 6 nitrogen and oxygen atoms in total. The minimum atomic E-state index is -3.02. The molecule has 1 aromatic carbocycles. The number of nitrogens with one attached hydrogen (secondary N) is 2. The molecule has 0 aliphatic heterocycles. The van der Waals surface area contributed by atoms with Crippen molar-refractivity contribution in [3.63, 3.8) is 0 Å². The summed E-state index contributed by atoms with van der Waals surface area (Å²) < 4.78 is 34.8. The monoisotopic (exact) mass is 413 g/mol. The average Bonchev–Trinajstić information content (AvgIpc) is 2.64. The summed E-state index contributed by atoms with van der Waals surface area (Å²) in [7, 11) is -2.01. The van der Waals surface area contributed by atoms with Gasteiger partial charge in [0.1, 0.15) is 0 Å². The highest BCUT2D eigenvalue weighted by molar-refractivity contribution is 7.89. The zero-order chi connectivity index (χ0) is 19.9. The van der Waals surface area contributed by atoms with E-state index >= 15 is 0 Å². The summed E-state index contributed by atoms with van der Waals surface area (Å²) in [4.78, 5) is 4.29. The minimum absolute atomic E-state index is 0.0614. The fourth-order valence-electron chi connectivity index (χ4n) is 3.38. The Balaban J connectivity index is 1.85. The fraction of sp³-hybridized carbons (Fsp3) is 0.632. The van der Waals surface area contributed by atoms with Crippen LogP contribution in [0.15, 0.2) is 29.3 Å². The maximum atomic E-state index is 12.1. The van der Waals surface area contributed by atoms with Crippen LogP contribution >= 0.6 is 0 Å². The van der Waals surface area contributed by atoms with Crippen molar-refractivity contribution in [3.8, 4) is 0 Å². The molecule has 2 rings (SSSR count). The Morgan fingerprint density at radius 2 is 1.89 bits per heavy atom. The van der Waals surface area contributed by atoms with E-state index in [-0.39, 0.29) is 11.0 Å². The largest absolute Gasteiger partial charge is 0.354 e. The fourth-order valence-corrected chi connectivity index (χ4v) is 5.53. The molecule has 0 spiro atoms. The first-order valence-electron chi connectivity index (χ1n) is 9.40. The molecule has 27 heavy (non-hydrogen) atoms. The number of guanidine groups is 1. The van der Waals surface area contributed by atoms with Crippen LogP contribution < -0.4 is 10.6 Å². The molecule has 8 heteroatoms. The van der Waals surface area contributed by atoms with Crippen molar-refractivity contribution in [1.29, 1.82) is 0 Å². The molecule has 2 N–H and O–H groups in total. The van der Waals surface area contributed by atoms with Crippen molar-refractivity contribution in [2.24, 2.45) is 4.99 Å². The third kappa shape index (κ3) is 7.62. The van der Waals surface area contributed by atoms with Gasteiger partial charge in [-0.2, -0.15) is 0 Å². The van der Waals surface area contributed by atoms with Gasteiger partial charge < -0.3 is 10.6 Å². The summed E-state index contributed by atoms with van der Waals surface area (Å²) in [5.41, 5.74) is 1.85. The second kappa shape index (κ2) is 10.2. The average molecular weight is 414 g/mol. The first-order chi connectivity index (χ1) is 12.8. The first kappa shape index (κ1) is 21.9. The highest BCUT2D eigenvalue weighted by Gasteiger charge is 2.25. The molecule has 0 heterocycles. The van der Waals surface area contributed by atoms with Crippen molar-refractivity contribution >= 4 is 26.6 Å². The molecule has 3 atom stereocenters. The maximum Gasteiger partial charge on any atom is 0.191 e. The zero-order valence-corrected chi connectivity index (χ0v) is 18.0. The summed E-state index contributed by atoms with van der Waals surface area (Å²) in [6.45, 7) is 2.59. The van der Waals surface area contributed by atoms with E-state index in [1.54, 1.807) is 7.05 Å². The molecule has 1 fully saturated rings. The standard InChI is InChI=1S/C19H31N3O3S2/c1-4-26(23)18-7-5-6-17(12-18)22-19(20-2)21-13-15-8-10-16(11-9-15)14-27(3,24)25/h8-11,17-18H,4-7,12-14H2,1-3H3,(H2,20,21,22). The first-order valence-corrected chi connectivity index (χ1v) is 12.8. The lowest BCUT2D eigenvalue weighted by Crippen LogP contribution is -2.46. The summed E-state index contributed by atoms with van der Waals surface area (Å²) >= 11 is 0. The van der Waals surface area contributed by atoms with E-state index in [1.807, 2.05) is 31.2 Å². The molecule has 1 aliphatic carbocycles. The van der Waals surface area contributed by atoms with Gasteiger partial charge in [0.25, 0.3) is 0 Å². The Hall–Kier alpha value is -1.41. The molecule has 1 aliphatic rings. The van der Waals surface area contributed by atoms with E-state index < -0.39 is 20.6 Å². The van der Waals surface area contributed by atoms with Gasteiger partial charge in [0.15, 0.2) is 15.8 Å². The van der Waals surface area contributed by atoms with Gasteiger partial charge in [-0.1, -0.05) is 37.6 Å². The van der Waals surface area contributed by atoms with Gasteiger partial charge in [0, 0.05) is 47.7 Å². The molecular formula is C19H31N3O3S2. The SMILES string of the molecule is CCS(=O)C1CCCC(NC(=NC)NCc2ccc(CS(C)(=O)=O)cc2)C1. The third-order valence-corrected chi connectivity index (χ3v) is 7.36. The van der Waals surface area contributed by atoms with Crippen LogP contribution in [-0.2, 0) is 32.9 Å². The normalized spacial score (nSPS) is 22.3. The molecule has 1 aromatic rings. The lowest BCUT2D eigenvalue weighted by molar-refractivity contribution is 0.413. The van der Waals surface area contributed by atoms with Gasteiger partial charge >= 0.3 is 0 Å². The van der Waals surface area contributed by atoms with Crippen LogP contribution in [0.25, 0.3) is 0 Å². The molecule has 3 unspecified atom stereocenters. The number of hydrogen-bond acceptors (Lipinski definition) is 4. The molecule has 152 valence electrons. The number of hydrogen-bond donors (Lipinski definition) is 2. The molecule has 0 saturated heterocycles. The van der Waals surface area contributed by atoms with Crippen molar-refractivity contribution in [3.05, 3.63) is 35.4 Å². The smallest absolute Gasteiger partial charge is 0.191 e. The van der Waals surface area contributed by atoms with Crippen LogP contribution in [0.5, 0.6) is 0 Å². The molecule has 0 amide bonds. The van der Waals surface area contributed by atoms with Gasteiger partial charge in [-0.05, 0) is 30.4 Å². The summed E-state index contributed by atoms with van der Waals surface area (Å²) in [6.07, 6.45) is 5.36. The highest BCUT2D eigenvalue weighted by atomic mass is 32.2. The zero-order valence-electron chi connectivity index (χ0n) is 16.4. The number of aliphatic imine (C=N–C) groups is 1. The summed E-state index contributed by atoms with van der Waals surface area (Å²) in [5.74, 6) is 1.52. The Labute approximate surface area is 165 Å². The van der Waals surface area contributed by atoms with Crippen molar-refractivity contribution in [2.75, 3.05) is 19.1 Å². The van der Waals surface area contributed by atoms with Crippen LogP contribution in [0.3, 0.4) is 0 Å². The Bertz CT molecular complexity index is 761. The van der Waals surface area contributed by atoms with E-state index in [0.717, 1.165) is 48.5 Å². The van der Waals surface area contributed by atoms with E-state index in [1.165, 1.54) is 6.26 Å². The number of benzene rings is 1. The molecule has 0 aromatic heterocycles. The maximum absolute atomic E-state index is 12.1. The van der Waals surface area contributed by atoms with Crippen LogP contribution in [0, 0.1) is 0 Å². The van der Waals surface area contributed by atoms with Crippen molar-refractivity contribution < 1.29 is 12.6 Å². The van der Waals surface area contributed by atoms with Gasteiger partial charge in [-0.25, -0.2) is 8.42 Å². The Kier molecular flexibility index (Phi) is 8.28. The second-order valence-electron chi connectivity index (χ2n) is 7.11. The molecule has 1 saturated carbocycles. The van der Waals surface area contributed by atoms with Gasteiger partial charge in [0.2, 0.25) is 0 Å². The number of sulfone groups is 1. The third-order valence-electron chi connectivity index (χ3n) is 4.76. The van der Waals surface area contributed by atoms with Crippen LogP contribution in [0.1, 0.15) is 43.7 Å². The van der Waals surface area contributed by atoms with E-state index in [2.05, 4.69) is 15.6 Å². The highest BCUT2D eigenvalue weighted by Crippen LogP contribution is 2.23. The Morgan fingerprint density at radius 1 is 1.22 bits per heavy atom. The molecule has 0 radical (unpaired) electrons. The lowest BCUT2D eigenvalue weighted by Gasteiger charge is -2.30. The van der Waals surface area contributed by atoms with Crippen molar-refractivity contribution in [2.45, 2.75) is 56.2 Å². The molecule has 0 bridgehead atoms. The van der Waals surface area contributed by atoms with Crippen LogP contribution in [0.4, 0.5) is 0 Å². The summed E-state index contributed by atoms with van der Waals surface area (Å²) in [6, 6.07) is 7.85. The minimum Gasteiger partial charge on any atom is -0.354 e. The topological polar surface area (TPSA) is 87.6 Å². The quantitative estimate of drug-likeness (QED) is 0.527. The number of rotatable bonds is 7. The molecular weight excluding hydrogens is 382 g/mol. The van der Waals surface area contributed by atoms with Gasteiger partial charge in [0.05, 0.1) is 5.75 Å². The second-order valence-corrected chi connectivity index (χ2v) is 11.3. The Morgan fingerprint density at radius 3 is 2.48 bits per heavy atom. The predicted octanol–water partition coefficient (Wildman–Crippen LogP) is 1.98. The van der Waals surface area contributed by atoms with Gasteiger partial charge in [-0.3, -0.25) is 9.20 Å². The van der Waals surface area contributed by atoms with Crippen LogP contribution in [-0.4, -0.2) is 48.9 Å². The predicted molar refractivity (Wildman–Crippen MR) is 113 cm³/mol. The number of nitrogens with zero attached hydrogens (tertiary/aromatic N) is 1. The van der Waals surface area contributed by atoms with E-state index in [0.29, 0.717) is 12.6 Å². The summed E-state index contributed by atoms with van der Waals surface area (Å²) in [5, 5.41) is 7.04. The van der Waals surface area contributed by atoms with E-state index in [4.69, 9.17) is 0 Å². The van der Waals surface area contributed by atoms with Crippen LogP contribution in [0.2, 0.25) is 0 Å². The van der Waals surface area contributed by atoms with Crippen molar-refractivity contribution in [1.82, 2.24) is 10.6 Å². The van der Waals surface area contributed by atoms with E-state index in [9.17, 15) is 12.6 Å². The van der Waals surface area contributed by atoms with Gasteiger partial charge in [-0.15, -0.1) is 0 Å².